The summed E-state index contributed by atoms with van der Waals surface area (Å²) < 4.78 is 0. The van der Waals surface area contributed by atoms with Crippen LogP contribution in [-0.2, 0) is 0 Å². The van der Waals surface area contributed by atoms with E-state index in [0.29, 0.717) is 17.2 Å². The fourth-order valence-corrected chi connectivity index (χ4v) is 0.677. The molecule has 0 radical (unpaired) electrons. The van der Waals surface area contributed by atoms with E-state index >= 15 is 0 Å². The summed E-state index contributed by atoms with van der Waals surface area (Å²) in [6, 6.07) is 1.88. The van der Waals surface area contributed by atoms with Crippen LogP contribution in [0.2, 0.25) is 0 Å². The largest absolute Gasteiger partial charge is 0.335 e. The van der Waals surface area contributed by atoms with Crippen molar-refractivity contribution in [2.75, 3.05) is 0 Å². The summed E-state index contributed by atoms with van der Waals surface area (Å²) in [6.07, 6.45) is 5.07. The fraction of sp³-hybridized carbons (Fsp3) is 0.333. The minimum atomic E-state index is 0.292. The molecule has 0 atom stereocenters. The molecule has 12 heavy (non-hydrogen) atoms. The standard InChI is InChI=1S/C7H5N3.C2H6/c1-3-6-7(4-8)10-5(2)9-6;1-2/h1H,2H3,(H,9,10);1-2H3. The number of aryl methyl sites for hydroxylation is 1. The molecule has 0 saturated carbocycles. The number of aromatic amines is 1. The molecule has 3 nitrogen and oxygen atoms in total. The van der Waals surface area contributed by atoms with Gasteiger partial charge >= 0.3 is 0 Å². The highest BCUT2D eigenvalue weighted by molar-refractivity contribution is 5.38. The van der Waals surface area contributed by atoms with Crippen LogP contribution in [0.5, 0.6) is 0 Å². The first-order valence-electron chi connectivity index (χ1n) is 3.71. The first kappa shape index (κ1) is 10.3. The van der Waals surface area contributed by atoms with Crippen LogP contribution in [0.15, 0.2) is 0 Å². The summed E-state index contributed by atoms with van der Waals surface area (Å²) in [6.45, 7) is 5.75. The zero-order valence-corrected chi connectivity index (χ0v) is 7.47. The van der Waals surface area contributed by atoms with Gasteiger partial charge in [-0.15, -0.1) is 6.42 Å². The molecule has 0 aliphatic heterocycles. The van der Waals surface area contributed by atoms with Crippen LogP contribution in [0.1, 0.15) is 31.1 Å². The van der Waals surface area contributed by atoms with Gasteiger partial charge in [0.05, 0.1) is 0 Å². The minimum absolute atomic E-state index is 0.292. The fourth-order valence-electron chi connectivity index (χ4n) is 0.677. The Morgan fingerprint density at radius 2 is 2.08 bits per heavy atom. The average molecular weight is 161 g/mol. The van der Waals surface area contributed by atoms with Gasteiger partial charge in [0, 0.05) is 0 Å². The van der Waals surface area contributed by atoms with Gasteiger partial charge in [-0.1, -0.05) is 13.8 Å². The summed E-state index contributed by atoms with van der Waals surface area (Å²) in [5.74, 6) is 3.00. The second-order valence-corrected chi connectivity index (χ2v) is 1.80. The molecule has 0 fully saturated rings. The maximum atomic E-state index is 8.43. The van der Waals surface area contributed by atoms with E-state index in [4.69, 9.17) is 11.7 Å². The predicted octanol–water partition coefficient (Wildman–Crippen LogP) is 1.60. The lowest BCUT2D eigenvalue weighted by Crippen LogP contribution is -1.77. The summed E-state index contributed by atoms with van der Waals surface area (Å²) in [7, 11) is 0. The number of hydrogen-bond acceptors (Lipinski definition) is 2. The molecule has 0 amide bonds. The first-order valence-corrected chi connectivity index (χ1v) is 3.71. The highest BCUT2D eigenvalue weighted by Crippen LogP contribution is 2.00. The van der Waals surface area contributed by atoms with Gasteiger partial charge in [0.25, 0.3) is 0 Å². The number of imidazole rings is 1. The Balaban J connectivity index is 0.000000561. The lowest BCUT2D eigenvalue weighted by molar-refractivity contribution is 1.14. The highest BCUT2D eigenvalue weighted by Gasteiger charge is 2.02. The summed E-state index contributed by atoms with van der Waals surface area (Å²) in [5, 5.41) is 8.43. The Labute approximate surface area is 72.4 Å². The molecule has 1 heterocycles. The molecule has 0 aliphatic rings. The Bertz CT molecular complexity index is 291. The van der Waals surface area contributed by atoms with Crippen molar-refractivity contribution in [2.45, 2.75) is 20.8 Å². The molecule has 0 bridgehead atoms. The molecule has 0 spiro atoms. The molecule has 0 unspecified atom stereocenters. The third-order valence-corrected chi connectivity index (χ3v) is 1.07. The zero-order valence-electron chi connectivity index (χ0n) is 7.47. The lowest BCUT2D eigenvalue weighted by atomic mass is 10.4. The van der Waals surface area contributed by atoms with E-state index < -0.39 is 0 Å². The number of nitrogens with zero attached hydrogens (tertiary/aromatic N) is 2. The number of rotatable bonds is 0. The van der Waals surface area contributed by atoms with Crippen LogP contribution in [0.4, 0.5) is 0 Å². The Morgan fingerprint density at radius 3 is 2.42 bits per heavy atom. The van der Waals surface area contributed by atoms with Crippen molar-refractivity contribution in [3.05, 3.63) is 17.2 Å². The molecule has 3 heteroatoms. The van der Waals surface area contributed by atoms with Gasteiger partial charge in [-0.25, -0.2) is 4.98 Å². The lowest BCUT2D eigenvalue weighted by Gasteiger charge is -1.76. The normalized spacial score (nSPS) is 7.42. The van der Waals surface area contributed by atoms with Crippen molar-refractivity contribution >= 4 is 0 Å². The Hall–Kier alpha value is -1.74. The molecular weight excluding hydrogens is 150 g/mol. The molecule has 0 aromatic carbocycles. The molecule has 1 N–H and O–H groups in total. The van der Waals surface area contributed by atoms with Crippen molar-refractivity contribution in [1.82, 2.24) is 9.97 Å². The Kier molecular flexibility index (Phi) is 4.26. The van der Waals surface area contributed by atoms with Crippen molar-refractivity contribution in [2.24, 2.45) is 0 Å². The molecule has 1 aromatic heterocycles. The highest BCUT2D eigenvalue weighted by atomic mass is 14.9. The second-order valence-electron chi connectivity index (χ2n) is 1.80. The van der Waals surface area contributed by atoms with Crippen molar-refractivity contribution < 1.29 is 0 Å². The van der Waals surface area contributed by atoms with E-state index in [9.17, 15) is 0 Å². The van der Waals surface area contributed by atoms with Crippen LogP contribution in [0, 0.1) is 30.6 Å². The van der Waals surface area contributed by atoms with Crippen LogP contribution in [0.3, 0.4) is 0 Å². The van der Waals surface area contributed by atoms with Gasteiger partial charge in [-0.2, -0.15) is 5.26 Å². The average Bonchev–Trinajstić information content (AvgIpc) is 2.49. The minimum Gasteiger partial charge on any atom is -0.335 e. The number of aromatic nitrogens is 2. The van der Waals surface area contributed by atoms with E-state index in [-0.39, 0.29) is 0 Å². The van der Waals surface area contributed by atoms with Crippen LogP contribution in [-0.4, -0.2) is 9.97 Å². The van der Waals surface area contributed by atoms with E-state index in [1.807, 2.05) is 19.9 Å². The van der Waals surface area contributed by atoms with E-state index in [0.717, 1.165) is 0 Å². The number of nitriles is 1. The second kappa shape index (κ2) is 4.98. The third kappa shape index (κ3) is 2.14. The molecule has 62 valence electrons. The zero-order chi connectivity index (χ0) is 9.56. The summed E-state index contributed by atoms with van der Waals surface area (Å²) in [4.78, 5) is 6.62. The molecule has 1 rings (SSSR count). The van der Waals surface area contributed by atoms with Crippen molar-refractivity contribution in [3.8, 4) is 18.4 Å². The molecule has 0 aliphatic carbocycles. The van der Waals surface area contributed by atoms with E-state index in [1.54, 1.807) is 6.92 Å². The number of H-pyrrole nitrogens is 1. The summed E-state index contributed by atoms with van der Waals surface area (Å²) >= 11 is 0. The Morgan fingerprint density at radius 1 is 1.50 bits per heavy atom. The molecule has 0 saturated heterocycles. The number of hydrogen-bond donors (Lipinski definition) is 1. The van der Waals surface area contributed by atoms with Crippen molar-refractivity contribution in [1.29, 1.82) is 5.26 Å². The smallest absolute Gasteiger partial charge is 0.174 e. The first-order chi connectivity index (χ1) is 5.77. The van der Waals surface area contributed by atoms with Gasteiger partial charge in [0.1, 0.15) is 17.6 Å². The van der Waals surface area contributed by atoms with Gasteiger partial charge < -0.3 is 4.98 Å². The maximum Gasteiger partial charge on any atom is 0.174 e. The predicted molar refractivity (Wildman–Crippen MR) is 47.3 cm³/mol. The van der Waals surface area contributed by atoms with Crippen LogP contribution < -0.4 is 0 Å². The summed E-state index contributed by atoms with van der Waals surface area (Å²) in [5.41, 5.74) is 0.750. The molecular formula is C9H11N3. The number of terminal acetylenes is 1. The van der Waals surface area contributed by atoms with Crippen molar-refractivity contribution in [3.63, 3.8) is 0 Å². The molecule has 1 aromatic rings. The van der Waals surface area contributed by atoms with Gasteiger partial charge in [-0.05, 0) is 12.8 Å². The van der Waals surface area contributed by atoms with E-state index in [2.05, 4.69) is 15.9 Å². The third-order valence-electron chi connectivity index (χ3n) is 1.07. The SMILES string of the molecule is C#Cc1[nH]c(C)nc1C#N.CC. The van der Waals surface area contributed by atoms with E-state index in [1.165, 1.54) is 0 Å². The van der Waals surface area contributed by atoms with Gasteiger partial charge in [0.15, 0.2) is 5.69 Å². The topological polar surface area (TPSA) is 52.5 Å². The van der Waals surface area contributed by atoms with Gasteiger partial charge in [0.2, 0.25) is 0 Å². The van der Waals surface area contributed by atoms with Crippen LogP contribution >= 0.6 is 0 Å². The van der Waals surface area contributed by atoms with Crippen LogP contribution in [0.25, 0.3) is 0 Å². The quantitative estimate of drug-likeness (QED) is 0.587. The number of nitrogens with one attached hydrogen (secondary N) is 1. The maximum absolute atomic E-state index is 8.43. The monoisotopic (exact) mass is 161 g/mol. The van der Waals surface area contributed by atoms with Gasteiger partial charge in [-0.3, -0.25) is 0 Å².